The Morgan fingerprint density at radius 2 is 0.493 bits per heavy atom. The van der Waals surface area contributed by atoms with Gasteiger partial charge >= 0.3 is 0 Å². The number of hydrogen-bond donors (Lipinski definition) is 0. The van der Waals surface area contributed by atoms with E-state index < -0.39 is 5.41 Å². The van der Waals surface area contributed by atoms with E-state index in [9.17, 15) is 0 Å². The van der Waals surface area contributed by atoms with E-state index >= 15 is 0 Å². The maximum Gasteiger partial charge on any atom is 0.252 e. The molecule has 26 rings (SSSR count). The summed E-state index contributed by atoms with van der Waals surface area (Å²) < 4.78 is 2.57. The van der Waals surface area contributed by atoms with Gasteiger partial charge in [-0.3, -0.25) is 0 Å². The van der Waals surface area contributed by atoms with Gasteiger partial charge in [-0.2, -0.15) is 0 Å². The molecule has 1 spiro atoms. The molecule has 0 saturated heterocycles. The van der Waals surface area contributed by atoms with Gasteiger partial charge in [0.2, 0.25) is 0 Å². The summed E-state index contributed by atoms with van der Waals surface area (Å²) in [4.78, 5) is 10.9. The average molecular weight is 1770 g/mol. The van der Waals surface area contributed by atoms with Gasteiger partial charge in [0, 0.05) is 78.5 Å². The van der Waals surface area contributed by atoms with Crippen molar-refractivity contribution in [3.8, 4) is 83.6 Å². The van der Waals surface area contributed by atoms with E-state index in [1.807, 2.05) is 0 Å². The first-order valence-electron chi connectivity index (χ1n) is 49.2. The number of para-hydroxylation sites is 4. The van der Waals surface area contributed by atoms with E-state index in [1.165, 1.54) is 127 Å². The van der Waals surface area contributed by atoms with Crippen molar-refractivity contribution in [1.29, 1.82) is 0 Å². The molecule has 0 bridgehead atoms. The number of nitrogens with zero attached hydrogens (tertiary/aromatic N) is 5. The maximum absolute atomic E-state index is 2.78. The van der Waals surface area contributed by atoms with Crippen LogP contribution >= 0.6 is 0 Å². The van der Waals surface area contributed by atoms with Gasteiger partial charge in [0.1, 0.15) is 0 Å². The lowest BCUT2D eigenvalue weighted by Crippen LogP contribution is -2.65. The molecular weight excluding hydrogens is 1670 g/mol. The average Bonchev–Trinajstić information content (AvgIpc) is 1.10. The van der Waals surface area contributed by atoms with Crippen LogP contribution in [0.25, 0.3) is 105 Å². The van der Waals surface area contributed by atoms with Crippen molar-refractivity contribution >= 4 is 136 Å². The van der Waals surface area contributed by atoms with Crippen LogP contribution in [0.1, 0.15) is 128 Å². The van der Waals surface area contributed by atoms with Crippen molar-refractivity contribution < 1.29 is 0 Å². The smallest absolute Gasteiger partial charge is 0.252 e. The van der Waals surface area contributed by atoms with Crippen LogP contribution in [0, 0.1) is 0 Å². The Bertz CT molecular complexity index is 8350. The summed E-state index contributed by atoms with van der Waals surface area (Å²) in [5.41, 5.74) is 49.5. The summed E-state index contributed by atoms with van der Waals surface area (Å²) in [5, 5.41) is 2.41. The lowest BCUT2D eigenvalue weighted by molar-refractivity contribution is 0.590. The second kappa shape index (κ2) is 30.7. The summed E-state index contributed by atoms with van der Waals surface area (Å²) in [7, 11) is 0. The van der Waals surface area contributed by atoms with Crippen LogP contribution in [0.5, 0.6) is 0 Å². The highest BCUT2D eigenvalue weighted by Crippen LogP contribution is 2.66. The highest BCUT2D eigenvalue weighted by molar-refractivity contribution is 7.03. The van der Waals surface area contributed by atoms with E-state index in [-0.39, 0.29) is 35.1 Å². The second-order valence-electron chi connectivity index (χ2n) is 43.0. The summed E-state index contributed by atoms with van der Waals surface area (Å²) in [6.07, 6.45) is 0. The van der Waals surface area contributed by atoms with Gasteiger partial charge in [-0.05, 0) is 258 Å². The minimum Gasteiger partial charge on any atom is -0.311 e. The Kier molecular flexibility index (Phi) is 18.4. The van der Waals surface area contributed by atoms with Crippen LogP contribution in [-0.4, -0.2) is 18.0 Å². The SMILES string of the molecule is CC(C)(C)c1ccc(N2c3ccccc3B3c4cc5c(cc4N(c4ccc(C(C)(C)C)cc4-c4ccccc4)c4cc(-c6cccc7c6C6(c8ccccc8-c8ccccc86)c6ccccc6-7)cc2c43)N(c2ccc(C(C)(C)C)cc2-c2ccccc2)c2cc(-n3c4ccccc4c4ccccc43)cc3c2B5c2ccccc2N3c2ccc(C(C)(C)C)cc2-c2ccccc2)c(-c2ccccc2)c1. The zero-order chi connectivity index (χ0) is 93.3. The Balaban J connectivity index is 0.843. The topological polar surface area (TPSA) is 17.9 Å². The van der Waals surface area contributed by atoms with Crippen molar-refractivity contribution in [2.75, 3.05) is 19.6 Å². The van der Waals surface area contributed by atoms with E-state index in [0.717, 1.165) is 124 Å². The number of benzene rings is 19. The number of fused-ring (bicyclic) bond motifs is 21. The van der Waals surface area contributed by atoms with Gasteiger partial charge in [-0.15, -0.1) is 0 Å². The van der Waals surface area contributed by atoms with E-state index in [4.69, 9.17) is 0 Å². The van der Waals surface area contributed by atoms with Crippen molar-refractivity contribution in [3.05, 3.63) is 463 Å². The third-order valence-electron chi connectivity index (χ3n) is 31.0. The second-order valence-corrected chi connectivity index (χ2v) is 43.0. The first-order chi connectivity index (χ1) is 67.0. The lowest BCUT2D eigenvalue weighted by atomic mass is 9.30. The number of anilines is 12. The van der Waals surface area contributed by atoms with Crippen molar-refractivity contribution in [2.45, 2.75) is 110 Å². The molecule has 6 aliphatic rings. The molecule has 5 nitrogen and oxygen atoms in total. The Hall–Kier alpha value is -15.7. The van der Waals surface area contributed by atoms with E-state index in [1.54, 1.807) is 0 Å². The number of aromatic nitrogens is 1. The van der Waals surface area contributed by atoms with Crippen LogP contribution in [0.2, 0.25) is 0 Å². The molecule has 19 aromatic carbocycles. The summed E-state index contributed by atoms with van der Waals surface area (Å²) in [5.74, 6) is 0. The van der Waals surface area contributed by atoms with Gasteiger partial charge in [0.25, 0.3) is 13.4 Å². The predicted molar refractivity (Wildman–Crippen MR) is 587 cm³/mol. The van der Waals surface area contributed by atoms with Crippen molar-refractivity contribution in [1.82, 2.24) is 4.57 Å². The maximum atomic E-state index is 2.78. The Labute approximate surface area is 811 Å². The molecule has 0 radical (unpaired) electrons. The molecule has 4 aliphatic heterocycles. The van der Waals surface area contributed by atoms with E-state index in [0.29, 0.717) is 0 Å². The molecule has 0 fully saturated rings. The van der Waals surface area contributed by atoms with Gasteiger partial charge in [-0.25, -0.2) is 0 Å². The summed E-state index contributed by atoms with van der Waals surface area (Å²) >= 11 is 0. The number of hydrogen-bond acceptors (Lipinski definition) is 4. The van der Waals surface area contributed by atoms with Crippen LogP contribution in [0.4, 0.5) is 68.2 Å². The monoisotopic (exact) mass is 1770 g/mol. The molecule has 0 unspecified atom stereocenters. The van der Waals surface area contributed by atoms with Crippen LogP contribution < -0.4 is 52.4 Å². The molecule has 0 saturated carbocycles. The van der Waals surface area contributed by atoms with Crippen LogP contribution in [-0.2, 0) is 27.1 Å². The normalized spacial score (nSPS) is 13.9. The van der Waals surface area contributed by atoms with Crippen LogP contribution in [0.3, 0.4) is 0 Å². The molecule has 5 heterocycles. The van der Waals surface area contributed by atoms with Crippen molar-refractivity contribution in [2.24, 2.45) is 0 Å². The highest BCUT2D eigenvalue weighted by Gasteiger charge is 2.55. The highest BCUT2D eigenvalue weighted by atomic mass is 15.2. The molecule has 0 N–H and O–H groups in total. The first-order valence-corrected chi connectivity index (χ1v) is 49.2. The fourth-order valence-electron chi connectivity index (χ4n) is 24.5. The van der Waals surface area contributed by atoms with Gasteiger partial charge in [0.05, 0.1) is 44.9 Å². The fourth-order valence-corrected chi connectivity index (χ4v) is 24.5. The lowest BCUT2D eigenvalue weighted by Gasteiger charge is -2.48. The molecular formula is C131H105B2N5. The number of rotatable bonds is 10. The van der Waals surface area contributed by atoms with Crippen molar-refractivity contribution in [3.63, 3.8) is 0 Å². The van der Waals surface area contributed by atoms with Gasteiger partial charge < -0.3 is 24.2 Å². The van der Waals surface area contributed by atoms with Gasteiger partial charge in [0.15, 0.2) is 0 Å². The quantitative estimate of drug-likeness (QED) is 0.127. The molecule has 20 aromatic rings. The zero-order valence-electron chi connectivity index (χ0n) is 80.2. The largest absolute Gasteiger partial charge is 0.311 e. The molecule has 660 valence electrons. The standard InChI is InChI=1S/C131H105B2N5/c1-127(2,3)87-64-68-112(99(74-87)82-40-17-13-18-41-82)135-116-62-37-33-58-106(116)132-108-80-109-119(81-118(108)137(114-70-66-89(129(7,8)9)76-101(114)84-44-21-15-22-45-84)121-73-86(72-120(135)125(121)132)92-53-39-54-98-95-50-27-32-57-105(95)131(124(92)98)103-55-30-25-48-93(103)94-49-26-31-56-104(94)131)138(115-71-67-90(130(10,11)12)77-102(115)85-46-23-16-24-47-85)123-79-91(134-110-60-35-28-51-96(110)97-52-29-36-61-111(97)134)78-122-126(123)133(109)107-59-34-38-63-117(107)136(122)113-69-65-88(128(4,5)6)75-100(113)83-42-19-14-20-43-83/h13-81H,1-12H3. The Morgan fingerprint density at radius 1 is 0.196 bits per heavy atom. The molecule has 0 amide bonds. The third kappa shape index (κ3) is 12.4. The molecule has 7 heteroatoms. The molecule has 1 aromatic heterocycles. The Morgan fingerprint density at radius 3 is 0.862 bits per heavy atom. The van der Waals surface area contributed by atoms with Crippen LogP contribution in [0.15, 0.2) is 419 Å². The minimum absolute atomic E-state index is 0.155. The molecule has 138 heavy (non-hydrogen) atoms. The first kappa shape index (κ1) is 82.9. The fraction of sp³-hybridized carbons (Fsp3) is 0.130. The minimum atomic E-state index is -0.684. The molecule has 0 atom stereocenters. The summed E-state index contributed by atoms with van der Waals surface area (Å²) in [6, 6.07) is 163. The van der Waals surface area contributed by atoms with E-state index in [2.05, 4.69) is 526 Å². The predicted octanol–water partition coefficient (Wildman–Crippen LogP) is 30.8. The third-order valence-corrected chi connectivity index (χ3v) is 31.0. The molecule has 2 aliphatic carbocycles. The zero-order valence-corrected chi connectivity index (χ0v) is 80.2. The van der Waals surface area contributed by atoms with Gasteiger partial charge in [-0.1, -0.05) is 399 Å². The summed E-state index contributed by atoms with van der Waals surface area (Å²) in [6.45, 7) is 27.6.